The predicted octanol–water partition coefficient (Wildman–Crippen LogP) is 6.05. The van der Waals surface area contributed by atoms with Gasteiger partial charge in [0.1, 0.15) is 5.76 Å². The highest BCUT2D eigenvalue weighted by atomic mass is 28.4. The van der Waals surface area contributed by atoms with E-state index in [0.29, 0.717) is 11.5 Å². The number of hydrogen-bond donors (Lipinski definition) is 0. The molecule has 0 fully saturated rings. The van der Waals surface area contributed by atoms with E-state index < -0.39 is 8.32 Å². The molecule has 2 heteroatoms. The molecule has 19 heavy (non-hydrogen) atoms. The molecule has 0 aromatic carbocycles. The molecular formula is C17H32OSi. The van der Waals surface area contributed by atoms with E-state index in [2.05, 4.69) is 75.0 Å². The number of allylic oxidation sites excluding steroid dienone is 2. The first-order valence-electron chi connectivity index (χ1n) is 7.44. The molecule has 0 radical (unpaired) electrons. The van der Waals surface area contributed by atoms with Crippen LogP contribution in [-0.2, 0) is 4.43 Å². The average molecular weight is 281 g/mol. The molecule has 1 nitrogen and oxygen atoms in total. The molecule has 1 unspecified atom stereocenters. The molecule has 0 N–H and O–H groups in total. The Morgan fingerprint density at radius 1 is 1.16 bits per heavy atom. The summed E-state index contributed by atoms with van der Waals surface area (Å²) in [6, 6.07) is 0. The van der Waals surface area contributed by atoms with Crippen molar-refractivity contribution in [3.05, 3.63) is 24.0 Å². The van der Waals surface area contributed by atoms with E-state index in [1.807, 2.05) is 0 Å². The van der Waals surface area contributed by atoms with Gasteiger partial charge in [-0.25, -0.2) is 0 Å². The first-order valence-corrected chi connectivity index (χ1v) is 9.43. The Kier molecular flexibility index (Phi) is 4.18. The van der Waals surface area contributed by atoms with E-state index in [9.17, 15) is 0 Å². The second kappa shape index (κ2) is 4.80. The van der Waals surface area contributed by atoms with Gasteiger partial charge in [0.05, 0.1) is 0 Å². The largest absolute Gasteiger partial charge is 0.542 e. The van der Waals surface area contributed by atoms with Crippen molar-refractivity contribution in [3.8, 4) is 0 Å². The Morgan fingerprint density at radius 2 is 1.58 bits per heavy atom. The molecule has 0 amide bonds. The molecule has 1 aliphatic rings. The standard InChI is InChI=1S/C17H32OSi/c1-12(2)14(4)15-11-13(3)19(18-15,16(5,6)7)17(8,9)10/h11-13H,4H2,1-3,5-10H3. The summed E-state index contributed by atoms with van der Waals surface area (Å²) in [4.78, 5) is 0. The molecule has 110 valence electrons. The van der Waals surface area contributed by atoms with Crippen LogP contribution in [0.25, 0.3) is 0 Å². The van der Waals surface area contributed by atoms with Crippen LogP contribution < -0.4 is 0 Å². The third-order valence-electron chi connectivity index (χ3n) is 4.56. The molecular weight excluding hydrogens is 248 g/mol. The molecule has 1 atom stereocenters. The molecule has 0 saturated carbocycles. The first-order chi connectivity index (χ1) is 8.34. The number of hydrogen-bond acceptors (Lipinski definition) is 1. The first kappa shape index (κ1) is 16.6. The van der Waals surface area contributed by atoms with E-state index >= 15 is 0 Å². The molecule has 0 aliphatic carbocycles. The van der Waals surface area contributed by atoms with Crippen LogP contribution in [0.4, 0.5) is 0 Å². The van der Waals surface area contributed by atoms with E-state index in [-0.39, 0.29) is 10.1 Å². The second-order valence-corrected chi connectivity index (χ2v) is 13.9. The van der Waals surface area contributed by atoms with Gasteiger partial charge in [0, 0.05) is 5.54 Å². The molecule has 1 rings (SSSR count). The van der Waals surface area contributed by atoms with Crippen LogP contribution in [-0.4, -0.2) is 8.32 Å². The van der Waals surface area contributed by atoms with E-state index in [1.54, 1.807) is 0 Å². The minimum atomic E-state index is -1.96. The summed E-state index contributed by atoms with van der Waals surface area (Å²) in [5.74, 6) is 1.52. The molecule has 0 aromatic heterocycles. The van der Waals surface area contributed by atoms with Crippen LogP contribution in [0.3, 0.4) is 0 Å². The Hall–Kier alpha value is -0.503. The normalized spacial score (nSPS) is 23.3. The van der Waals surface area contributed by atoms with Crippen LogP contribution in [0, 0.1) is 5.92 Å². The van der Waals surface area contributed by atoms with Crippen molar-refractivity contribution < 1.29 is 4.43 Å². The van der Waals surface area contributed by atoms with Crippen molar-refractivity contribution in [1.82, 2.24) is 0 Å². The summed E-state index contributed by atoms with van der Waals surface area (Å²) in [6.45, 7) is 25.0. The second-order valence-electron chi connectivity index (χ2n) is 8.34. The molecule has 0 aromatic rings. The third kappa shape index (κ3) is 2.56. The van der Waals surface area contributed by atoms with Gasteiger partial charge in [-0.3, -0.25) is 0 Å². The van der Waals surface area contributed by atoms with Gasteiger partial charge < -0.3 is 4.43 Å². The fourth-order valence-electron chi connectivity index (χ4n) is 3.90. The fourth-order valence-corrected chi connectivity index (χ4v) is 10.6. The summed E-state index contributed by atoms with van der Waals surface area (Å²) in [5, 5.41) is 0.417. The van der Waals surface area contributed by atoms with Crippen LogP contribution in [0.1, 0.15) is 62.3 Å². The molecule has 1 aliphatic heterocycles. The molecule has 0 saturated heterocycles. The smallest absolute Gasteiger partial charge is 0.268 e. The monoisotopic (exact) mass is 280 g/mol. The topological polar surface area (TPSA) is 9.23 Å². The van der Waals surface area contributed by atoms with E-state index in [0.717, 1.165) is 11.3 Å². The zero-order chi connectivity index (χ0) is 15.2. The fraction of sp³-hybridized carbons (Fsp3) is 0.765. The van der Waals surface area contributed by atoms with Crippen LogP contribution in [0.5, 0.6) is 0 Å². The van der Waals surface area contributed by atoms with Crippen LogP contribution in [0.2, 0.25) is 15.6 Å². The Bertz CT molecular complexity index is 376. The van der Waals surface area contributed by atoms with Gasteiger partial charge in [-0.1, -0.05) is 68.9 Å². The highest BCUT2D eigenvalue weighted by Gasteiger charge is 2.62. The van der Waals surface area contributed by atoms with Gasteiger partial charge in [0.25, 0.3) is 8.32 Å². The van der Waals surface area contributed by atoms with Crippen molar-refractivity contribution in [1.29, 1.82) is 0 Å². The maximum absolute atomic E-state index is 6.71. The lowest BCUT2D eigenvalue weighted by atomic mass is 10.0. The Balaban J connectivity index is 3.25. The summed E-state index contributed by atoms with van der Waals surface area (Å²) in [6.07, 6.45) is 2.34. The Labute approximate surface area is 121 Å². The lowest BCUT2D eigenvalue weighted by Gasteiger charge is -2.50. The van der Waals surface area contributed by atoms with E-state index in [1.165, 1.54) is 0 Å². The molecule has 1 heterocycles. The van der Waals surface area contributed by atoms with Gasteiger partial charge >= 0.3 is 0 Å². The summed E-state index contributed by atoms with van der Waals surface area (Å²) < 4.78 is 6.71. The quantitative estimate of drug-likeness (QED) is 0.560. The predicted molar refractivity (Wildman–Crippen MR) is 87.8 cm³/mol. The minimum Gasteiger partial charge on any atom is -0.542 e. The SMILES string of the molecule is C=C(C1=CC(C)[Si](C(C)(C)C)(C(C)(C)C)O1)C(C)C. The summed E-state index contributed by atoms with van der Waals surface area (Å²) in [7, 11) is -1.96. The van der Waals surface area contributed by atoms with Gasteiger partial charge in [-0.05, 0) is 27.6 Å². The van der Waals surface area contributed by atoms with Gasteiger partial charge in [0.2, 0.25) is 0 Å². The van der Waals surface area contributed by atoms with Crippen molar-refractivity contribution in [3.63, 3.8) is 0 Å². The van der Waals surface area contributed by atoms with E-state index in [4.69, 9.17) is 4.43 Å². The minimum absolute atomic E-state index is 0.209. The molecule has 0 bridgehead atoms. The average Bonchev–Trinajstić information content (AvgIpc) is 2.53. The summed E-state index contributed by atoms with van der Waals surface area (Å²) in [5.41, 5.74) is 1.67. The van der Waals surface area contributed by atoms with Crippen LogP contribution in [0.15, 0.2) is 24.0 Å². The zero-order valence-corrected chi connectivity index (χ0v) is 15.3. The maximum Gasteiger partial charge on any atom is 0.268 e. The van der Waals surface area contributed by atoms with Crippen molar-refractivity contribution >= 4 is 8.32 Å². The highest BCUT2D eigenvalue weighted by molar-refractivity contribution is 6.82. The Morgan fingerprint density at radius 3 is 1.84 bits per heavy atom. The van der Waals surface area contributed by atoms with Gasteiger partial charge in [0.15, 0.2) is 0 Å². The summed E-state index contributed by atoms with van der Waals surface area (Å²) >= 11 is 0. The number of rotatable bonds is 2. The van der Waals surface area contributed by atoms with Gasteiger partial charge in [-0.2, -0.15) is 0 Å². The highest BCUT2D eigenvalue weighted by Crippen LogP contribution is 2.61. The molecule has 0 spiro atoms. The van der Waals surface area contributed by atoms with Crippen molar-refractivity contribution in [2.75, 3.05) is 0 Å². The van der Waals surface area contributed by atoms with Crippen molar-refractivity contribution in [2.24, 2.45) is 5.92 Å². The lowest BCUT2D eigenvalue weighted by Crippen LogP contribution is -2.54. The zero-order valence-electron chi connectivity index (χ0n) is 14.3. The maximum atomic E-state index is 6.71. The van der Waals surface area contributed by atoms with Gasteiger partial charge in [-0.15, -0.1) is 0 Å². The lowest BCUT2D eigenvalue weighted by molar-refractivity contribution is 0.351. The van der Waals surface area contributed by atoms with Crippen LogP contribution >= 0.6 is 0 Å². The third-order valence-corrected chi connectivity index (χ3v) is 11.0. The van der Waals surface area contributed by atoms with Crippen molar-refractivity contribution in [2.45, 2.75) is 77.9 Å².